The SMILES string of the molecule is CC(C)C1CNC2=C=CCCC2C1. The van der Waals surface area contributed by atoms with Crippen molar-refractivity contribution in [1.29, 1.82) is 0 Å². The van der Waals surface area contributed by atoms with Gasteiger partial charge in [-0.2, -0.15) is 0 Å². The van der Waals surface area contributed by atoms with Crippen molar-refractivity contribution in [2.75, 3.05) is 6.54 Å². The van der Waals surface area contributed by atoms with E-state index < -0.39 is 0 Å². The molecule has 2 unspecified atom stereocenters. The molecule has 0 saturated carbocycles. The monoisotopic (exact) mass is 177 g/mol. The van der Waals surface area contributed by atoms with Crippen LogP contribution in [0.3, 0.4) is 0 Å². The highest BCUT2D eigenvalue weighted by atomic mass is 14.9. The number of hydrogen-bond acceptors (Lipinski definition) is 1. The predicted molar refractivity (Wildman–Crippen MR) is 55.3 cm³/mol. The zero-order valence-corrected chi connectivity index (χ0v) is 8.64. The molecule has 0 spiro atoms. The van der Waals surface area contributed by atoms with Crippen LogP contribution in [0.2, 0.25) is 0 Å². The van der Waals surface area contributed by atoms with Gasteiger partial charge in [0.2, 0.25) is 0 Å². The minimum Gasteiger partial charge on any atom is -0.382 e. The lowest BCUT2D eigenvalue weighted by Gasteiger charge is -2.35. The topological polar surface area (TPSA) is 12.0 Å². The van der Waals surface area contributed by atoms with E-state index >= 15 is 0 Å². The molecule has 13 heavy (non-hydrogen) atoms. The summed E-state index contributed by atoms with van der Waals surface area (Å²) in [4.78, 5) is 0. The molecule has 2 aliphatic rings. The van der Waals surface area contributed by atoms with Crippen LogP contribution in [0.15, 0.2) is 17.5 Å². The molecule has 1 saturated heterocycles. The van der Waals surface area contributed by atoms with Crippen LogP contribution in [0.1, 0.15) is 33.1 Å². The second-order valence-corrected chi connectivity index (χ2v) is 4.66. The van der Waals surface area contributed by atoms with E-state index in [1.807, 2.05) is 0 Å². The zero-order chi connectivity index (χ0) is 9.26. The van der Waals surface area contributed by atoms with Gasteiger partial charge in [-0.3, -0.25) is 0 Å². The molecule has 1 N–H and O–H groups in total. The maximum absolute atomic E-state index is 3.53. The molecular weight excluding hydrogens is 158 g/mol. The molecule has 1 nitrogen and oxygen atoms in total. The summed E-state index contributed by atoms with van der Waals surface area (Å²) < 4.78 is 0. The molecule has 2 rings (SSSR count). The molecule has 2 atom stereocenters. The Kier molecular flexibility index (Phi) is 2.46. The summed E-state index contributed by atoms with van der Waals surface area (Å²) in [7, 11) is 0. The Bertz CT molecular complexity index is 246. The molecule has 0 amide bonds. The van der Waals surface area contributed by atoms with Gasteiger partial charge in [0.15, 0.2) is 0 Å². The van der Waals surface area contributed by atoms with Gasteiger partial charge in [-0.05, 0) is 37.2 Å². The Morgan fingerprint density at radius 1 is 1.54 bits per heavy atom. The molecule has 0 bridgehead atoms. The van der Waals surface area contributed by atoms with Crippen LogP contribution < -0.4 is 5.32 Å². The van der Waals surface area contributed by atoms with Crippen molar-refractivity contribution in [2.45, 2.75) is 33.1 Å². The summed E-state index contributed by atoms with van der Waals surface area (Å²) in [6.07, 6.45) is 6.11. The van der Waals surface area contributed by atoms with Gasteiger partial charge in [-0.25, -0.2) is 0 Å². The molecule has 0 aromatic heterocycles. The van der Waals surface area contributed by atoms with Gasteiger partial charge in [0, 0.05) is 12.5 Å². The maximum atomic E-state index is 3.53. The fourth-order valence-electron chi connectivity index (χ4n) is 2.36. The maximum Gasteiger partial charge on any atom is 0.0566 e. The lowest BCUT2D eigenvalue weighted by Crippen LogP contribution is -2.36. The van der Waals surface area contributed by atoms with Crippen molar-refractivity contribution < 1.29 is 0 Å². The van der Waals surface area contributed by atoms with E-state index in [2.05, 4.69) is 31.0 Å². The minimum atomic E-state index is 0.783. The molecule has 1 heterocycles. The number of fused-ring (bicyclic) bond motifs is 1. The van der Waals surface area contributed by atoms with E-state index in [1.54, 1.807) is 0 Å². The molecule has 0 aromatic carbocycles. The fraction of sp³-hybridized carbons (Fsp3) is 0.750. The summed E-state index contributed by atoms with van der Waals surface area (Å²) in [5.41, 5.74) is 4.74. The Morgan fingerprint density at radius 2 is 2.38 bits per heavy atom. The first-order valence-electron chi connectivity index (χ1n) is 5.46. The van der Waals surface area contributed by atoms with E-state index in [1.165, 1.54) is 25.0 Å². The molecule has 0 aromatic rings. The quantitative estimate of drug-likeness (QED) is 0.607. The second kappa shape index (κ2) is 3.59. The summed E-state index contributed by atoms with van der Waals surface area (Å²) in [5.74, 6) is 2.47. The van der Waals surface area contributed by atoms with Gasteiger partial charge in [0.25, 0.3) is 0 Å². The van der Waals surface area contributed by atoms with Crippen molar-refractivity contribution in [2.24, 2.45) is 17.8 Å². The summed E-state index contributed by atoms with van der Waals surface area (Å²) >= 11 is 0. The zero-order valence-electron chi connectivity index (χ0n) is 8.64. The number of allylic oxidation sites excluding steroid dienone is 1. The van der Waals surface area contributed by atoms with E-state index in [0.29, 0.717) is 0 Å². The molecule has 1 heteroatoms. The predicted octanol–water partition coefficient (Wildman–Crippen LogP) is 2.70. The van der Waals surface area contributed by atoms with Crippen molar-refractivity contribution in [3.8, 4) is 0 Å². The van der Waals surface area contributed by atoms with Crippen LogP contribution in [0.5, 0.6) is 0 Å². The van der Waals surface area contributed by atoms with Gasteiger partial charge in [0.1, 0.15) is 0 Å². The normalized spacial score (nSPS) is 32.4. The number of piperidine rings is 1. The lowest BCUT2D eigenvalue weighted by molar-refractivity contribution is 0.257. The average Bonchev–Trinajstić information content (AvgIpc) is 2.17. The molecule has 1 aliphatic carbocycles. The summed E-state index contributed by atoms with van der Waals surface area (Å²) in [5, 5.41) is 3.53. The van der Waals surface area contributed by atoms with E-state index in [9.17, 15) is 0 Å². The van der Waals surface area contributed by atoms with Crippen molar-refractivity contribution in [3.63, 3.8) is 0 Å². The third-order valence-electron chi connectivity index (χ3n) is 3.41. The largest absolute Gasteiger partial charge is 0.382 e. The Morgan fingerprint density at radius 3 is 3.15 bits per heavy atom. The number of rotatable bonds is 1. The van der Waals surface area contributed by atoms with Crippen molar-refractivity contribution in [1.82, 2.24) is 5.32 Å². The van der Waals surface area contributed by atoms with Gasteiger partial charge in [-0.1, -0.05) is 13.8 Å². The second-order valence-electron chi connectivity index (χ2n) is 4.66. The first kappa shape index (κ1) is 8.90. The van der Waals surface area contributed by atoms with E-state index in [4.69, 9.17) is 0 Å². The Balaban J connectivity index is 2.06. The van der Waals surface area contributed by atoms with Gasteiger partial charge >= 0.3 is 0 Å². The van der Waals surface area contributed by atoms with Crippen LogP contribution in [0.4, 0.5) is 0 Å². The molecule has 1 aliphatic heterocycles. The molecule has 72 valence electrons. The highest BCUT2D eigenvalue weighted by molar-refractivity contribution is 5.11. The minimum absolute atomic E-state index is 0.783. The third-order valence-corrected chi connectivity index (χ3v) is 3.41. The molecular formula is C12H19N. The van der Waals surface area contributed by atoms with E-state index in [-0.39, 0.29) is 0 Å². The summed E-state index contributed by atoms with van der Waals surface area (Å²) in [6, 6.07) is 0. The average molecular weight is 177 g/mol. The van der Waals surface area contributed by atoms with Gasteiger partial charge < -0.3 is 5.32 Å². The first-order chi connectivity index (χ1) is 6.27. The lowest BCUT2D eigenvalue weighted by atomic mass is 9.79. The summed E-state index contributed by atoms with van der Waals surface area (Å²) in [6.45, 7) is 5.82. The van der Waals surface area contributed by atoms with Crippen LogP contribution >= 0.6 is 0 Å². The van der Waals surface area contributed by atoms with Crippen molar-refractivity contribution >= 4 is 0 Å². The smallest absolute Gasteiger partial charge is 0.0566 e. The standard InChI is InChI=1S/C12H19N/c1-9(2)11-7-10-5-3-4-6-12(10)13-8-11/h4,9-11,13H,3,5,7-8H2,1-2H3. The van der Waals surface area contributed by atoms with Crippen molar-refractivity contribution in [3.05, 3.63) is 17.5 Å². The molecule has 1 fully saturated rings. The van der Waals surface area contributed by atoms with E-state index in [0.717, 1.165) is 24.3 Å². The first-order valence-corrected chi connectivity index (χ1v) is 5.46. The van der Waals surface area contributed by atoms with Crippen LogP contribution in [-0.4, -0.2) is 6.54 Å². The third kappa shape index (κ3) is 1.81. The van der Waals surface area contributed by atoms with Crippen LogP contribution in [-0.2, 0) is 0 Å². The fourth-order valence-corrected chi connectivity index (χ4v) is 2.36. The van der Waals surface area contributed by atoms with Crippen LogP contribution in [0, 0.1) is 17.8 Å². The number of nitrogens with one attached hydrogen (secondary N) is 1. The highest BCUT2D eigenvalue weighted by Crippen LogP contribution is 2.32. The highest BCUT2D eigenvalue weighted by Gasteiger charge is 2.27. The van der Waals surface area contributed by atoms with Gasteiger partial charge in [-0.15, -0.1) is 5.73 Å². The van der Waals surface area contributed by atoms with Crippen LogP contribution in [0.25, 0.3) is 0 Å². The Hall–Kier alpha value is -0.680. The van der Waals surface area contributed by atoms with Gasteiger partial charge in [0.05, 0.1) is 5.70 Å². The Labute approximate surface area is 80.9 Å². The molecule has 0 radical (unpaired) electrons. The number of hydrogen-bond donors (Lipinski definition) is 1.